The molecule has 6 aromatic rings. The SMILES string of the molecule is Cc1cc(Sc2cc(C)c(Nc3ccc(Nc4c(C)cc(Sc5ccc(C)c(N)c5C)cc4C)c4c3C(=O)c3ccccc3C4=O)c(C)c2)ccc1N. The molecule has 0 saturated carbocycles. The number of ketones is 2. The van der Waals surface area contributed by atoms with Crippen molar-refractivity contribution in [1.82, 2.24) is 0 Å². The van der Waals surface area contributed by atoms with Crippen molar-refractivity contribution in [3.8, 4) is 0 Å². The summed E-state index contributed by atoms with van der Waals surface area (Å²) in [4.78, 5) is 33.1. The molecule has 0 amide bonds. The van der Waals surface area contributed by atoms with E-state index in [0.717, 1.165) is 81.3 Å². The van der Waals surface area contributed by atoms with Crippen LogP contribution in [-0.2, 0) is 0 Å². The van der Waals surface area contributed by atoms with E-state index in [1.807, 2.05) is 38.1 Å². The molecule has 0 aromatic heterocycles. The van der Waals surface area contributed by atoms with Gasteiger partial charge in [0, 0.05) is 53.5 Å². The Kier molecular flexibility index (Phi) is 9.62. The summed E-state index contributed by atoms with van der Waals surface area (Å²) in [5, 5.41) is 7.16. The fourth-order valence-corrected chi connectivity index (χ4v) is 9.23. The maximum absolute atomic E-state index is 14.3. The molecule has 266 valence electrons. The number of benzene rings is 6. The van der Waals surface area contributed by atoms with Crippen molar-refractivity contribution in [3.05, 3.63) is 152 Å². The highest BCUT2D eigenvalue weighted by molar-refractivity contribution is 7.99. The number of hydrogen-bond donors (Lipinski definition) is 4. The molecule has 6 aromatic carbocycles. The first-order chi connectivity index (χ1) is 25.3. The summed E-state index contributed by atoms with van der Waals surface area (Å²) in [6, 6.07) is 29.7. The van der Waals surface area contributed by atoms with Crippen LogP contribution < -0.4 is 22.1 Å². The average molecular weight is 735 g/mol. The van der Waals surface area contributed by atoms with Gasteiger partial charge in [-0.1, -0.05) is 53.9 Å². The van der Waals surface area contributed by atoms with Gasteiger partial charge in [-0.15, -0.1) is 0 Å². The summed E-state index contributed by atoms with van der Waals surface area (Å²) < 4.78 is 0. The molecule has 0 atom stereocenters. The third kappa shape index (κ3) is 6.80. The van der Waals surface area contributed by atoms with E-state index in [0.29, 0.717) is 33.6 Å². The highest BCUT2D eigenvalue weighted by atomic mass is 32.2. The first kappa shape index (κ1) is 35.9. The van der Waals surface area contributed by atoms with Gasteiger partial charge in [0.25, 0.3) is 0 Å². The Labute approximate surface area is 319 Å². The van der Waals surface area contributed by atoms with Crippen LogP contribution in [0, 0.1) is 48.5 Å². The lowest BCUT2D eigenvalue weighted by molar-refractivity contribution is 0.0980. The van der Waals surface area contributed by atoms with E-state index in [1.165, 1.54) is 0 Å². The van der Waals surface area contributed by atoms with Crippen LogP contribution in [0.3, 0.4) is 0 Å². The maximum Gasteiger partial charge on any atom is 0.196 e. The van der Waals surface area contributed by atoms with Crippen molar-refractivity contribution < 1.29 is 9.59 Å². The zero-order chi connectivity index (χ0) is 37.7. The largest absolute Gasteiger partial charge is 0.399 e. The smallest absolute Gasteiger partial charge is 0.196 e. The Morgan fingerprint density at radius 3 is 1.45 bits per heavy atom. The van der Waals surface area contributed by atoms with Gasteiger partial charge >= 0.3 is 0 Å². The number of fused-ring (bicyclic) bond motifs is 2. The standard InChI is InChI=1S/C45H42N4O2S2/c1-23-12-17-38(29(7)41(23)47)53-32-21-27(5)43(28(6)22-32)49-37-16-15-36(39-40(37)45(51)34-11-9-8-10-33(34)44(39)50)48-42-25(3)19-31(20-26(42)4)52-30-13-14-35(46)24(2)18-30/h8-22,48-49H,46-47H2,1-7H3. The molecule has 0 radical (unpaired) electrons. The second kappa shape index (κ2) is 14.2. The molecule has 6 N–H and O–H groups in total. The molecule has 6 nitrogen and oxygen atoms in total. The molecule has 8 heteroatoms. The number of carbonyl (C=O) groups excluding carboxylic acids is 2. The molecule has 0 aliphatic heterocycles. The van der Waals surface area contributed by atoms with Crippen LogP contribution in [0.2, 0.25) is 0 Å². The molecule has 0 saturated heterocycles. The third-order valence-electron chi connectivity index (χ3n) is 10.00. The summed E-state index contributed by atoms with van der Waals surface area (Å²) >= 11 is 3.36. The van der Waals surface area contributed by atoms with Gasteiger partial charge < -0.3 is 22.1 Å². The summed E-state index contributed by atoms with van der Waals surface area (Å²) in [5.41, 5.74) is 25.8. The maximum atomic E-state index is 14.3. The van der Waals surface area contributed by atoms with Gasteiger partial charge in [0.1, 0.15) is 0 Å². The predicted molar refractivity (Wildman–Crippen MR) is 222 cm³/mol. The Morgan fingerprint density at radius 2 is 0.962 bits per heavy atom. The molecule has 0 bridgehead atoms. The normalized spacial score (nSPS) is 12.1. The van der Waals surface area contributed by atoms with Gasteiger partial charge in [-0.2, -0.15) is 0 Å². The van der Waals surface area contributed by atoms with Crippen molar-refractivity contribution in [2.75, 3.05) is 22.1 Å². The number of nitrogen functional groups attached to an aromatic ring is 2. The monoisotopic (exact) mass is 734 g/mol. The van der Waals surface area contributed by atoms with E-state index in [-0.39, 0.29) is 11.6 Å². The zero-order valence-corrected chi connectivity index (χ0v) is 32.6. The van der Waals surface area contributed by atoms with Crippen molar-refractivity contribution in [1.29, 1.82) is 0 Å². The highest BCUT2D eigenvalue weighted by Crippen LogP contribution is 2.42. The lowest BCUT2D eigenvalue weighted by Crippen LogP contribution is -2.23. The van der Waals surface area contributed by atoms with Crippen LogP contribution in [0.4, 0.5) is 34.1 Å². The Morgan fingerprint density at radius 1 is 0.491 bits per heavy atom. The Bertz CT molecular complexity index is 2460. The van der Waals surface area contributed by atoms with Gasteiger partial charge in [-0.05, 0) is 148 Å². The van der Waals surface area contributed by atoms with Gasteiger partial charge in [0.15, 0.2) is 11.6 Å². The van der Waals surface area contributed by atoms with Crippen molar-refractivity contribution >= 4 is 69.2 Å². The lowest BCUT2D eigenvalue weighted by Gasteiger charge is -2.25. The summed E-state index contributed by atoms with van der Waals surface area (Å²) in [6.45, 7) is 14.3. The second-order valence-corrected chi connectivity index (χ2v) is 16.1. The molecule has 1 aliphatic rings. The fraction of sp³-hybridized carbons (Fsp3) is 0.156. The van der Waals surface area contributed by atoms with Gasteiger partial charge in [0.2, 0.25) is 0 Å². The molecule has 0 spiro atoms. The lowest BCUT2D eigenvalue weighted by atomic mass is 9.82. The van der Waals surface area contributed by atoms with Gasteiger partial charge in [-0.3, -0.25) is 9.59 Å². The summed E-state index contributed by atoms with van der Waals surface area (Å²) in [6.07, 6.45) is 0. The van der Waals surface area contributed by atoms with E-state index >= 15 is 0 Å². The average Bonchev–Trinajstić information content (AvgIpc) is 3.12. The molecular weight excluding hydrogens is 693 g/mol. The van der Waals surface area contributed by atoms with Crippen LogP contribution in [0.5, 0.6) is 0 Å². The van der Waals surface area contributed by atoms with Gasteiger partial charge in [0.05, 0.1) is 22.5 Å². The number of aryl methyl sites for hydroxylation is 6. The van der Waals surface area contributed by atoms with Crippen LogP contribution in [0.15, 0.2) is 111 Å². The number of hydrogen-bond acceptors (Lipinski definition) is 8. The minimum absolute atomic E-state index is 0.185. The van der Waals surface area contributed by atoms with E-state index < -0.39 is 0 Å². The highest BCUT2D eigenvalue weighted by Gasteiger charge is 2.34. The minimum Gasteiger partial charge on any atom is -0.399 e. The predicted octanol–water partition coefficient (Wildman–Crippen LogP) is 11.6. The van der Waals surface area contributed by atoms with Crippen molar-refractivity contribution in [2.24, 2.45) is 0 Å². The van der Waals surface area contributed by atoms with Crippen LogP contribution in [0.25, 0.3) is 0 Å². The summed E-state index contributed by atoms with van der Waals surface area (Å²) in [5.74, 6) is -0.370. The van der Waals surface area contributed by atoms with Gasteiger partial charge in [-0.25, -0.2) is 0 Å². The van der Waals surface area contributed by atoms with Crippen molar-refractivity contribution in [2.45, 2.75) is 68.0 Å². The number of nitrogens with two attached hydrogens (primary N) is 2. The number of carbonyl (C=O) groups is 2. The quantitative estimate of drug-likeness (QED) is 0.114. The molecule has 0 fully saturated rings. The summed E-state index contributed by atoms with van der Waals surface area (Å²) in [7, 11) is 0. The molecular formula is C45H42N4O2S2. The third-order valence-corrected chi connectivity index (χ3v) is 12.1. The number of rotatable bonds is 8. The van der Waals surface area contributed by atoms with Crippen molar-refractivity contribution in [3.63, 3.8) is 0 Å². The number of anilines is 6. The van der Waals surface area contributed by atoms with Crippen LogP contribution in [-0.4, -0.2) is 11.6 Å². The molecule has 53 heavy (non-hydrogen) atoms. The first-order valence-electron chi connectivity index (χ1n) is 17.5. The Balaban J connectivity index is 1.25. The second-order valence-electron chi connectivity index (χ2n) is 13.9. The number of nitrogens with one attached hydrogen (secondary N) is 2. The van der Waals surface area contributed by atoms with E-state index in [4.69, 9.17) is 11.5 Å². The van der Waals surface area contributed by atoms with E-state index in [9.17, 15) is 9.59 Å². The minimum atomic E-state index is -0.185. The van der Waals surface area contributed by atoms with Crippen LogP contribution in [0.1, 0.15) is 70.8 Å². The topological polar surface area (TPSA) is 110 Å². The zero-order valence-electron chi connectivity index (χ0n) is 30.9. The first-order valence-corrected chi connectivity index (χ1v) is 19.1. The Hall–Kier alpha value is -5.44. The molecule has 0 unspecified atom stereocenters. The molecule has 1 aliphatic carbocycles. The molecule has 0 heterocycles. The molecule has 7 rings (SSSR count). The van der Waals surface area contributed by atoms with E-state index in [1.54, 1.807) is 47.8 Å². The van der Waals surface area contributed by atoms with E-state index in [2.05, 4.69) is 87.7 Å². The van der Waals surface area contributed by atoms with Crippen LogP contribution >= 0.6 is 23.5 Å². The fourth-order valence-electron chi connectivity index (χ4n) is 6.99.